The summed E-state index contributed by atoms with van der Waals surface area (Å²) in [6, 6.07) is 0.475. The third kappa shape index (κ3) is 3.24. The van der Waals surface area contributed by atoms with Gasteiger partial charge in [0.2, 0.25) is 0 Å². The van der Waals surface area contributed by atoms with Crippen molar-refractivity contribution in [1.29, 1.82) is 0 Å². The van der Waals surface area contributed by atoms with Gasteiger partial charge in [-0.05, 0) is 32.6 Å². The molecule has 0 saturated carbocycles. The van der Waals surface area contributed by atoms with E-state index >= 15 is 0 Å². The monoisotopic (exact) mass is 311 g/mol. The third-order valence-corrected chi connectivity index (χ3v) is 5.37. The Kier molecular flexibility index (Phi) is 4.31. The maximum atomic E-state index is 5.59. The highest BCUT2D eigenvalue weighted by Crippen LogP contribution is 2.27. The molecule has 0 N–H and O–H groups in total. The van der Waals surface area contributed by atoms with Crippen molar-refractivity contribution >= 4 is 21.0 Å². The standard InChI is InChI=1S/C10H18INO2/c1-8-4-5-9(7-14-8)12-11-10-3-2-6-13-10/h8-10H,2-7H2,1H3. The molecule has 3 atom stereocenters. The van der Waals surface area contributed by atoms with Crippen LogP contribution < -0.4 is 0 Å². The lowest BCUT2D eigenvalue weighted by atomic mass is 10.1. The average molecular weight is 311 g/mol. The van der Waals surface area contributed by atoms with Gasteiger partial charge in [0.25, 0.3) is 0 Å². The van der Waals surface area contributed by atoms with Gasteiger partial charge in [0.1, 0.15) is 4.11 Å². The Labute approximate surface area is 95.7 Å². The molecule has 2 saturated heterocycles. The Hall–Kier alpha value is 0.450. The predicted octanol–water partition coefficient (Wildman–Crippen LogP) is 2.84. The van der Waals surface area contributed by atoms with E-state index in [1.165, 1.54) is 25.7 Å². The summed E-state index contributed by atoms with van der Waals surface area (Å²) in [6.07, 6.45) is 5.30. The quantitative estimate of drug-likeness (QED) is 0.580. The normalized spacial score (nSPS) is 39.9. The van der Waals surface area contributed by atoms with E-state index in [1.807, 2.05) is 0 Å². The van der Waals surface area contributed by atoms with Gasteiger partial charge >= 0.3 is 0 Å². The zero-order chi connectivity index (χ0) is 9.80. The molecule has 2 heterocycles. The van der Waals surface area contributed by atoms with Crippen LogP contribution in [-0.2, 0) is 9.47 Å². The second-order valence-corrected chi connectivity index (χ2v) is 6.50. The molecule has 4 heteroatoms. The molecule has 0 radical (unpaired) electrons. The highest BCUT2D eigenvalue weighted by Gasteiger charge is 2.19. The maximum Gasteiger partial charge on any atom is 0.120 e. The molecule has 0 aromatic carbocycles. The van der Waals surface area contributed by atoms with E-state index in [0.29, 0.717) is 16.3 Å². The van der Waals surface area contributed by atoms with Gasteiger partial charge < -0.3 is 9.47 Å². The van der Waals surface area contributed by atoms with Crippen LogP contribution in [0.1, 0.15) is 32.6 Å². The van der Waals surface area contributed by atoms with Gasteiger partial charge in [-0.2, -0.15) is 0 Å². The number of alkyl halides is 1. The van der Waals surface area contributed by atoms with Gasteiger partial charge in [-0.3, -0.25) is 3.15 Å². The summed E-state index contributed by atoms with van der Waals surface area (Å²) in [5, 5.41) is 0. The van der Waals surface area contributed by atoms with E-state index in [0.717, 1.165) is 13.2 Å². The first-order valence-electron chi connectivity index (χ1n) is 5.40. The molecule has 14 heavy (non-hydrogen) atoms. The summed E-state index contributed by atoms with van der Waals surface area (Å²) in [5.41, 5.74) is 0. The van der Waals surface area contributed by atoms with Gasteiger partial charge in [-0.25, -0.2) is 0 Å². The second-order valence-electron chi connectivity index (χ2n) is 3.99. The van der Waals surface area contributed by atoms with Crippen LogP contribution in [0.5, 0.6) is 0 Å². The van der Waals surface area contributed by atoms with Crippen molar-refractivity contribution in [3.8, 4) is 0 Å². The van der Waals surface area contributed by atoms with E-state index in [-0.39, 0.29) is 21.0 Å². The molecular weight excluding hydrogens is 293 g/mol. The second kappa shape index (κ2) is 5.51. The van der Waals surface area contributed by atoms with Gasteiger partial charge in [-0.15, -0.1) is 0 Å². The van der Waals surface area contributed by atoms with Crippen LogP contribution in [0.25, 0.3) is 0 Å². The smallest absolute Gasteiger partial charge is 0.120 e. The van der Waals surface area contributed by atoms with Gasteiger partial charge in [0, 0.05) is 27.6 Å². The minimum atomic E-state index is -0.0957. The fraction of sp³-hybridized carbons (Fsp3) is 1.00. The van der Waals surface area contributed by atoms with E-state index < -0.39 is 0 Å². The Bertz CT molecular complexity index is 196. The van der Waals surface area contributed by atoms with Crippen LogP contribution in [0.2, 0.25) is 0 Å². The number of halogens is 1. The zero-order valence-electron chi connectivity index (χ0n) is 8.62. The summed E-state index contributed by atoms with van der Waals surface area (Å²) >= 11 is -0.0957. The summed E-state index contributed by atoms with van der Waals surface area (Å²) in [5.74, 6) is 0. The molecular formula is C10H18INO2. The lowest BCUT2D eigenvalue weighted by molar-refractivity contribution is 0.0186. The fourth-order valence-electron chi connectivity index (χ4n) is 1.70. The molecule has 3 unspecified atom stereocenters. The minimum absolute atomic E-state index is 0.0957. The summed E-state index contributed by atoms with van der Waals surface area (Å²) < 4.78 is 16.4. The first-order valence-corrected chi connectivity index (χ1v) is 7.62. The number of hydrogen-bond donors (Lipinski definition) is 0. The molecule has 0 aliphatic carbocycles. The van der Waals surface area contributed by atoms with Gasteiger partial charge in [0.05, 0.1) is 18.8 Å². The molecule has 2 rings (SSSR count). The third-order valence-electron chi connectivity index (χ3n) is 2.66. The Morgan fingerprint density at radius 1 is 1.21 bits per heavy atom. The van der Waals surface area contributed by atoms with E-state index in [2.05, 4.69) is 6.92 Å². The first-order chi connectivity index (χ1) is 6.84. The lowest BCUT2D eigenvalue weighted by Gasteiger charge is -2.23. The van der Waals surface area contributed by atoms with Crippen molar-refractivity contribution in [2.75, 3.05) is 13.2 Å². The van der Waals surface area contributed by atoms with Gasteiger partial charge in [-0.1, -0.05) is 0 Å². The molecule has 2 aliphatic heterocycles. The van der Waals surface area contributed by atoms with Crippen molar-refractivity contribution in [3.05, 3.63) is 0 Å². The fourth-order valence-corrected chi connectivity index (χ4v) is 4.09. The molecule has 0 aromatic heterocycles. The SMILES string of the molecule is CC1CCC(N=IC2CCCO2)CO1. The molecule has 0 spiro atoms. The zero-order valence-corrected chi connectivity index (χ0v) is 10.8. The van der Waals surface area contributed by atoms with Crippen molar-refractivity contribution in [3.63, 3.8) is 0 Å². The molecule has 3 nitrogen and oxygen atoms in total. The number of ether oxygens (including phenoxy) is 2. The largest absolute Gasteiger partial charge is 0.376 e. The number of hydrogen-bond acceptors (Lipinski definition) is 3. The molecule has 2 fully saturated rings. The summed E-state index contributed by atoms with van der Waals surface area (Å²) in [7, 11) is 0. The topological polar surface area (TPSA) is 30.8 Å². The molecule has 0 aromatic rings. The highest BCUT2D eigenvalue weighted by atomic mass is 127. The maximum absolute atomic E-state index is 5.59. The average Bonchev–Trinajstić information content (AvgIpc) is 2.70. The van der Waals surface area contributed by atoms with E-state index in [9.17, 15) is 0 Å². The number of nitrogens with zero attached hydrogens (tertiary/aromatic N) is 1. The lowest BCUT2D eigenvalue weighted by Crippen LogP contribution is -2.25. The van der Waals surface area contributed by atoms with Crippen molar-refractivity contribution in [2.45, 2.75) is 48.9 Å². The van der Waals surface area contributed by atoms with Gasteiger partial charge in [0.15, 0.2) is 0 Å². The molecule has 82 valence electrons. The molecule has 0 bridgehead atoms. The van der Waals surface area contributed by atoms with Crippen molar-refractivity contribution in [2.24, 2.45) is 3.15 Å². The number of rotatable bonds is 2. The van der Waals surface area contributed by atoms with Crippen LogP contribution >= 0.6 is 21.0 Å². The molecule has 0 amide bonds. The first kappa shape index (κ1) is 11.0. The predicted molar refractivity (Wildman–Crippen MR) is 63.9 cm³/mol. The minimum Gasteiger partial charge on any atom is -0.376 e. The van der Waals surface area contributed by atoms with Crippen LogP contribution in [0.4, 0.5) is 0 Å². The van der Waals surface area contributed by atoms with Crippen molar-refractivity contribution in [1.82, 2.24) is 0 Å². The Morgan fingerprint density at radius 3 is 2.79 bits per heavy atom. The highest BCUT2D eigenvalue weighted by molar-refractivity contribution is 14.2. The van der Waals surface area contributed by atoms with E-state index in [4.69, 9.17) is 12.6 Å². The van der Waals surface area contributed by atoms with Crippen LogP contribution in [0.3, 0.4) is 0 Å². The van der Waals surface area contributed by atoms with Crippen molar-refractivity contribution < 1.29 is 9.47 Å². The van der Waals surface area contributed by atoms with Crippen LogP contribution in [0, 0.1) is 0 Å². The Balaban J connectivity index is 1.73. The summed E-state index contributed by atoms with van der Waals surface area (Å²) in [4.78, 5) is 0. The molecule has 2 aliphatic rings. The van der Waals surface area contributed by atoms with Crippen LogP contribution in [0.15, 0.2) is 3.15 Å². The Morgan fingerprint density at radius 2 is 2.14 bits per heavy atom. The summed E-state index contributed by atoms with van der Waals surface area (Å²) in [6.45, 7) is 3.94. The van der Waals surface area contributed by atoms with Crippen LogP contribution in [-0.4, -0.2) is 29.5 Å². The van der Waals surface area contributed by atoms with E-state index in [1.54, 1.807) is 0 Å².